The number of thiocarbonyl (C=S) groups is 1. The Kier molecular flexibility index (Phi) is 3.79. The van der Waals surface area contributed by atoms with E-state index in [1.807, 2.05) is 31.2 Å². The van der Waals surface area contributed by atoms with E-state index in [1.165, 1.54) is 0 Å². The van der Waals surface area contributed by atoms with E-state index < -0.39 is 0 Å². The Morgan fingerprint density at radius 2 is 2.00 bits per heavy atom. The summed E-state index contributed by atoms with van der Waals surface area (Å²) >= 11 is 10.9. The number of nitrogens with zero attached hydrogens (tertiary/aromatic N) is 1. The molecule has 0 amide bonds. The van der Waals surface area contributed by atoms with Gasteiger partial charge >= 0.3 is 0 Å². The third kappa shape index (κ3) is 2.97. The monoisotopic (exact) mass is 277 g/mol. The zero-order chi connectivity index (χ0) is 13.1. The number of hydrogen-bond acceptors (Lipinski definition) is 3. The summed E-state index contributed by atoms with van der Waals surface area (Å²) in [5, 5.41) is 3.94. The lowest BCUT2D eigenvalue weighted by Gasteiger charge is -2.08. The molecule has 0 aliphatic carbocycles. The Balaban J connectivity index is 2.18. The molecule has 18 heavy (non-hydrogen) atoms. The average Bonchev–Trinajstić information content (AvgIpc) is 2.34. The molecule has 0 radical (unpaired) electrons. The number of nitrogens with two attached hydrogens (primary N) is 1. The van der Waals surface area contributed by atoms with E-state index in [0.717, 1.165) is 22.0 Å². The van der Waals surface area contributed by atoms with Crippen LogP contribution in [-0.4, -0.2) is 9.97 Å². The van der Waals surface area contributed by atoms with Gasteiger partial charge in [-0.25, -0.2) is 0 Å². The molecule has 0 unspecified atom stereocenters. The number of anilines is 2. The third-order valence-electron chi connectivity index (χ3n) is 2.48. The van der Waals surface area contributed by atoms with E-state index in [9.17, 15) is 0 Å². The zero-order valence-electron chi connectivity index (χ0n) is 9.77. The molecular formula is C13H12ClN3S. The van der Waals surface area contributed by atoms with E-state index in [1.54, 1.807) is 12.3 Å². The van der Waals surface area contributed by atoms with Crippen LogP contribution in [0.15, 0.2) is 36.5 Å². The van der Waals surface area contributed by atoms with Crippen molar-refractivity contribution in [3.8, 4) is 0 Å². The van der Waals surface area contributed by atoms with E-state index in [4.69, 9.17) is 29.6 Å². The molecule has 0 fully saturated rings. The number of aryl methyl sites for hydroxylation is 1. The molecule has 1 heterocycles. The molecule has 92 valence electrons. The number of rotatable bonds is 3. The second-order valence-corrected chi connectivity index (χ2v) is 4.73. The molecule has 0 aliphatic rings. The Hall–Kier alpha value is -1.65. The van der Waals surface area contributed by atoms with Gasteiger partial charge in [0.25, 0.3) is 0 Å². The quantitative estimate of drug-likeness (QED) is 0.844. The van der Waals surface area contributed by atoms with Gasteiger partial charge in [-0.2, -0.15) is 0 Å². The molecule has 3 N–H and O–H groups in total. The van der Waals surface area contributed by atoms with Crippen LogP contribution in [0.1, 0.15) is 11.3 Å². The van der Waals surface area contributed by atoms with Crippen LogP contribution in [0.2, 0.25) is 5.02 Å². The molecule has 3 nitrogen and oxygen atoms in total. The fourth-order valence-electron chi connectivity index (χ4n) is 1.45. The van der Waals surface area contributed by atoms with Gasteiger partial charge in [0.05, 0.1) is 17.6 Å². The van der Waals surface area contributed by atoms with Crippen LogP contribution in [0, 0.1) is 6.92 Å². The predicted molar refractivity (Wildman–Crippen MR) is 79.6 cm³/mol. The molecule has 0 atom stereocenters. The highest BCUT2D eigenvalue weighted by Gasteiger charge is 2.01. The summed E-state index contributed by atoms with van der Waals surface area (Å²) in [7, 11) is 0. The minimum atomic E-state index is 0.292. The number of pyridine rings is 1. The van der Waals surface area contributed by atoms with E-state index in [2.05, 4.69) is 10.3 Å². The van der Waals surface area contributed by atoms with Gasteiger partial charge in [-0.15, -0.1) is 0 Å². The highest BCUT2D eigenvalue weighted by atomic mass is 35.5. The number of nitrogens with one attached hydrogen (secondary N) is 1. The van der Waals surface area contributed by atoms with Gasteiger partial charge in [0.15, 0.2) is 0 Å². The fraction of sp³-hybridized carbons (Fsp3) is 0.0769. The Morgan fingerprint density at radius 3 is 2.56 bits per heavy atom. The van der Waals surface area contributed by atoms with Crippen molar-refractivity contribution in [2.45, 2.75) is 6.92 Å². The van der Waals surface area contributed by atoms with Crippen LogP contribution in [0.5, 0.6) is 0 Å². The number of halogens is 1. The maximum atomic E-state index is 6.06. The maximum absolute atomic E-state index is 6.06. The topological polar surface area (TPSA) is 50.9 Å². The summed E-state index contributed by atoms with van der Waals surface area (Å²) in [6.45, 7) is 1.96. The van der Waals surface area contributed by atoms with Crippen LogP contribution >= 0.6 is 23.8 Å². The van der Waals surface area contributed by atoms with Gasteiger partial charge in [-0.3, -0.25) is 4.98 Å². The molecule has 0 spiro atoms. The fourth-order valence-corrected chi connectivity index (χ4v) is 1.75. The van der Waals surface area contributed by atoms with Crippen molar-refractivity contribution < 1.29 is 0 Å². The Morgan fingerprint density at radius 1 is 1.28 bits per heavy atom. The van der Waals surface area contributed by atoms with E-state index >= 15 is 0 Å². The number of benzene rings is 1. The predicted octanol–water partition coefficient (Wildman–Crippen LogP) is 3.42. The van der Waals surface area contributed by atoms with E-state index in [0.29, 0.717) is 10.7 Å². The van der Waals surface area contributed by atoms with Gasteiger partial charge < -0.3 is 11.1 Å². The average molecular weight is 278 g/mol. The molecule has 0 saturated carbocycles. The van der Waals surface area contributed by atoms with Crippen molar-refractivity contribution in [1.82, 2.24) is 4.98 Å². The van der Waals surface area contributed by atoms with Gasteiger partial charge in [0.2, 0.25) is 0 Å². The second-order valence-electron chi connectivity index (χ2n) is 3.89. The van der Waals surface area contributed by atoms with Crippen LogP contribution in [0.3, 0.4) is 0 Å². The van der Waals surface area contributed by atoms with Crippen LogP contribution in [0.25, 0.3) is 0 Å². The summed E-state index contributed by atoms with van der Waals surface area (Å²) < 4.78 is 0. The molecule has 5 heteroatoms. The molecule has 1 aromatic carbocycles. The van der Waals surface area contributed by atoms with Crippen molar-refractivity contribution in [2.75, 3.05) is 5.32 Å². The summed E-state index contributed by atoms with van der Waals surface area (Å²) in [5.41, 5.74) is 8.91. The minimum absolute atomic E-state index is 0.292. The largest absolute Gasteiger partial charge is 0.388 e. The smallest absolute Gasteiger partial charge is 0.122 e. The summed E-state index contributed by atoms with van der Waals surface area (Å²) in [4.78, 5) is 4.44. The van der Waals surface area contributed by atoms with Crippen LogP contribution < -0.4 is 11.1 Å². The first-order chi connectivity index (χ1) is 8.56. The van der Waals surface area contributed by atoms with Gasteiger partial charge in [0, 0.05) is 10.7 Å². The molecule has 0 aliphatic heterocycles. The Labute approximate surface area is 116 Å². The van der Waals surface area contributed by atoms with Crippen molar-refractivity contribution in [3.05, 3.63) is 52.8 Å². The van der Waals surface area contributed by atoms with Gasteiger partial charge in [0.1, 0.15) is 4.99 Å². The molecular weight excluding hydrogens is 266 g/mol. The van der Waals surface area contributed by atoms with Crippen molar-refractivity contribution in [3.63, 3.8) is 0 Å². The number of aromatic nitrogens is 1. The first-order valence-corrected chi connectivity index (χ1v) is 6.14. The maximum Gasteiger partial charge on any atom is 0.122 e. The minimum Gasteiger partial charge on any atom is -0.388 e. The molecule has 2 aromatic rings. The standard InChI is InChI=1S/C13H12ClN3S/c1-8-2-3-9(6-11(8)14)17-10-4-5-12(13(15)18)16-7-10/h2-7,17H,1H3,(H2,15,18). The first-order valence-electron chi connectivity index (χ1n) is 5.35. The van der Waals surface area contributed by atoms with Gasteiger partial charge in [-0.05, 0) is 36.8 Å². The summed E-state index contributed by atoms with van der Waals surface area (Å²) in [6, 6.07) is 9.44. The highest BCUT2D eigenvalue weighted by molar-refractivity contribution is 7.80. The highest BCUT2D eigenvalue weighted by Crippen LogP contribution is 2.22. The van der Waals surface area contributed by atoms with Crippen molar-refractivity contribution >= 4 is 40.2 Å². The van der Waals surface area contributed by atoms with Crippen molar-refractivity contribution in [2.24, 2.45) is 5.73 Å². The third-order valence-corrected chi connectivity index (χ3v) is 3.09. The lowest BCUT2D eigenvalue weighted by Crippen LogP contribution is -2.11. The second kappa shape index (κ2) is 5.33. The van der Waals surface area contributed by atoms with Crippen LogP contribution in [-0.2, 0) is 0 Å². The molecule has 1 aromatic heterocycles. The normalized spacial score (nSPS) is 10.1. The zero-order valence-corrected chi connectivity index (χ0v) is 11.3. The summed E-state index contributed by atoms with van der Waals surface area (Å²) in [6.07, 6.45) is 1.68. The van der Waals surface area contributed by atoms with Crippen LogP contribution in [0.4, 0.5) is 11.4 Å². The SMILES string of the molecule is Cc1ccc(Nc2ccc(C(N)=S)nc2)cc1Cl. The first kappa shape index (κ1) is 12.8. The Bertz CT molecular complexity index is 581. The van der Waals surface area contributed by atoms with Crippen molar-refractivity contribution in [1.29, 1.82) is 0 Å². The lowest BCUT2D eigenvalue weighted by atomic mass is 10.2. The summed E-state index contributed by atoms with van der Waals surface area (Å²) in [5.74, 6) is 0. The number of hydrogen-bond donors (Lipinski definition) is 2. The molecule has 0 saturated heterocycles. The molecule has 2 rings (SSSR count). The van der Waals surface area contributed by atoms with Gasteiger partial charge in [-0.1, -0.05) is 29.9 Å². The molecule has 0 bridgehead atoms. The lowest BCUT2D eigenvalue weighted by molar-refractivity contribution is 1.29. The van der Waals surface area contributed by atoms with E-state index in [-0.39, 0.29) is 0 Å².